The summed E-state index contributed by atoms with van der Waals surface area (Å²) in [6, 6.07) is 15.6. The number of ether oxygens (including phenoxy) is 1. The van der Waals surface area contributed by atoms with Gasteiger partial charge in [-0.3, -0.25) is 9.69 Å². The smallest absolute Gasteiger partial charge is 0.260 e. The highest BCUT2D eigenvalue weighted by atomic mass is 19.1. The largest absolute Gasteiger partial charge is 0.484 e. The van der Waals surface area contributed by atoms with Gasteiger partial charge in [0.25, 0.3) is 5.91 Å². The van der Waals surface area contributed by atoms with Gasteiger partial charge in [-0.1, -0.05) is 12.1 Å². The van der Waals surface area contributed by atoms with Crippen molar-refractivity contribution in [2.24, 2.45) is 0 Å². The molecule has 0 bridgehead atoms. The minimum absolute atomic E-state index is 0.0269. The van der Waals surface area contributed by atoms with Crippen molar-refractivity contribution in [3.8, 4) is 11.8 Å². The Bertz CT molecular complexity index is 846. The van der Waals surface area contributed by atoms with Crippen LogP contribution in [0.4, 0.5) is 4.39 Å². The second kappa shape index (κ2) is 8.85. The number of halogens is 1. The number of nitrogens with zero attached hydrogens (tertiary/aromatic N) is 3. The van der Waals surface area contributed by atoms with Gasteiger partial charge in [0.15, 0.2) is 6.61 Å². The van der Waals surface area contributed by atoms with Gasteiger partial charge in [0, 0.05) is 31.7 Å². The van der Waals surface area contributed by atoms with Crippen LogP contribution in [0.25, 0.3) is 0 Å². The van der Waals surface area contributed by atoms with E-state index in [0.29, 0.717) is 17.9 Å². The van der Waals surface area contributed by atoms with Gasteiger partial charge in [0.1, 0.15) is 11.6 Å². The number of hydrogen-bond donors (Lipinski definition) is 0. The number of piperazine rings is 1. The summed E-state index contributed by atoms with van der Waals surface area (Å²) in [5, 5.41) is 8.83. The fraction of sp³-hybridized carbons (Fsp3) is 0.364. The second-order valence-corrected chi connectivity index (χ2v) is 7.22. The Morgan fingerprint density at radius 3 is 2.43 bits per heavy atom. The van der Waals surface area contributed by atoms with Gasteiger partial charge in [0.05, 0.1) is 11.6 Å². The van der Waals surface area contributed by atoms with Crippen LogP contribution in [0.5, 0.6) is 5.75 Å². The first-order valence-electron chi connectivity index (χ1n) is 9.37. The summed E-state index contributed by atoms with van der Waals surface area (Å²) in [4.78, 5) is 16.8. The van der Waals surface area contributed by atoms with Crippen LogP contribution in [0, 0.1) is 17.1 Å². The fourth-order valence-electron chi connectivity index (χ4n) is 3.44. The Balaban J connectivity index is 1.54. The van der Waals surface area contributed by atoms with E-state index in [1.54, 1.807) is 36.4 Å². The minimum Gasteiger partial charge on any atom is -0.484 e. The maximum Gasteiger partial charge on any atom is 0.260 e. The Hall–Kier alpha value is -2.91. The van der Waals surface area contributed by atoms with Crippen LogP contribution < -0.4 is 4.74 Å². The Labute approximate surface area is 164 Å². The van der Waals surface area contributed by atoms with Crippen LogP contribution in [-0.2, 0) is 11.3 Å². The molecule has 3 rings (SSSR count). The van der Waals surface area contributed by atoms with Crippen LogP contribution in [0.3, 0.4) is 0 Å². The number of benzene rings is 2. The molecule has 28 heavy (non-hydrogen) atoms. The number of rotatable bonds is 5. The molecule has 0 radical (unpaired) electrons. The van der Waals surface area contributed by atoms with Crippen LogP contribution in [0.2, 0.25) is 0 Å². The molecular weight excluding hydrogens is 357 g/mol. The number of carbonyl (C=O) groups is 1. The van der Waals surface area contributed by atoms with E-state index in [1.165, 1.54) is 12.1 Å². The third-order valence-electron chi connectivity index (χ3n) is 5.08. The Morgan fingerprint density at radius 2 is 1.79 bits per heavy atom. The zero-order chi connectivity index (χ0) is 20.1. The number of nitriles is 1. The molecule has 146 valence electrons. The molecule has 1 fully saturated rings. The Kier molecular flexibility index (Phi) is 6.27. The van der Waals surface area contributed by atoms with Gasteiger partial charge >= 0.3 is 0 Å². The second-order valence-electron chi connectivity index (χ2n) is 7.22. The molecule has 0 aromatic heterocycles. The zero-order valence-electron chi connectivity index (χ0n) is 16.1. The van der Waals surface area contributed by atoms with E-state index in [2.05, 4.69) is 17.9 Å². The third kappa shape index (κ3) is 4.87. The minimum atomic E-state index is -0.233. The van der Waals surface area contributed by atoms with Crippen molar-refractivity contribution in [1.82, 2.24) is 9.80 Å². The molecule has 2 aromatic carbocycles. The molecule has 1 saturated heterocycles. The summed E-state index contributed by atoms with van der Waals surface area (Å²) in [5.41, 5.74) is 1.61. The van der Waals surface area contributed by atoms with Gasteiger partial charge in [-0.05, 0) is 55.8 Å². The highest BCUT2D eigenvalue weighted by Crippen LogP contribution is 2.19. The van der Waals surface area contributed by atoms with Crippen molar-refractivity contribution in [3.05, 3.63) is 65.5 Å². The van der Waals surface area contributed by atoms with Crippen LogP contribution in [0.1, 0.15) is 25.0 Å². The highest BCUT2D eigenvalue weighted by Gasteiger charge is 2.32. The van der Waals surface area contributed by atoms with Crippen LogP contribution in [0.15, 0.2) is 48.5 Å². The average molecular weight is 381 g/mol. The summed E-state index contributed by atoms with van der Waals surface area (Å²) in [6.07, 6.45) is 0. The average Bonchev–Trinajstić information content (AvgIpc) is 2.70. The summed E-state index contributed by atoms with van der Waals surface area (Å²) in [6.45, 7) is 6.20. The van der Waals surface area contributed by atoms with Crippen LogP contribution in [-0.4, -0.2) is 47.5 Å². The molecule has 6 heteroatoms. The highest BCUT2D eigenvalue weighted by molar-refractivity contribution is 5.78. The van der Waals surface area contributed by atoms with Gasteiger partial charge in [0.2, 0.25) is 0 Å². The molecule has 0 saturated carbocycles. The lowest BCUT2D eigenvalue weighted by Crippen LogP contribution is -2.58. The predicted octanol–water partition coefficient (Wildman–Crippen LogP) is 3.20. The van der Waals surface area contributed by atoms with E-state index >= 15 is 0 Å². The lowest BCUT2D eigenvalue weighted by Gasteiger charge is -2.44. The molecule has 2 aromatic rings. The monoisotopic (exact) mass is 381 g/mol. The molecule has 1 amide bonds. The van der Waals surface area contributed by atoms with E-state index < -0.39 is 0 Å². The number of hydrogen-bond acceptors (Lipinski definition) is 4. The van der Waals surface area contributed by atoms with Crippen molar-refractivity contribution in [3.63, 3.8) is 0 Å². The van der Waals surface area contributed by atoms with E-state index in [4.69, 9.17) is 10.00 Å². The first-order chi connectivity index (χ1) is 13.5. The summed E-state index contributed by atoms with van der Waals surface area (Å²) < 4.78 is 18.7. The first-order valence-corrected chi connectivity index (χ1v) is 9.37. The Morgan fingerprint density at radius 1 is 1.11 bits per heavy atom. The lowest BCUT2D eigenvalue weighted by atomic mass is 10.1. The molecule has 0 aliphatic carbocycles. The van der Waals surface area contributed by atoms with Gasteiger partial charge < -0.3 is 9.64 Å². The molecule has 5 nitrogen and oxygen atoms in total. The van der Waals surface area contributed by atoms with E-state index in [-0.39, 0.29) is 30.4 Å². The molecule has 0 unspecified atom stereocenters. The third-order valence-corrected chi connectivity index (χ3v) is 5.08. The predicted molar refractivity (Wildman–Crippen MR) is 104 cm³/mol. The van der Waals surface area contributed by atoms with Gasteiger partial charge in [-0.2, -0.15) is 5.26 Å². The van der Waals surface area contributed by atoms with Gasteiger partial charge in [-0.15, -0.1) is 0 Å². The SMILES string of the molecule is C[C@@H]1CN(Cc2ccc(F)cc2)[C@@H](C)CN1C(=O)COc1ccc(C#N)cc1. The molecule has 1 aliphatic heterocycles. The van der Waals surface area contributed by atoms with Crippen molar-refractivity contribution >= 4 is 5.91 Å². The topological polar surface area (TPSA) is 56.6 Å². The van der Waals surface area contributed by atoms with E-state index in [0.717, 1.165) is 18.7 Å². The normalized spacial score (nSPS) is 19.9. The fourth-order valence-corrected chi connectivity index (χ4v) is 3.44. The van der Waals surface area contributed by atoms with Crippen LogP contribution >= 0.6 is 0 Å². The van der Waals surface area contributed by atoms with E-state index in [9.17, 15) is 9.18 Å². The summed E-state index contributed by atoms with van der Waals surface area (Å²) in [7, 11) is 0. The molecule has 0 spiro atoms. The molecular formula is C22H24FN3O2. The maximum absolute atomic E-state index is 13.1. The number of amides is 1. The van der Waals surface area contributed by atoms with Crippen molar-refractivity contribution in [1.29, 1.82) is 5.26 Å². The molecule has 2 atom stereocenters. The van der Waals surface area contributed by atoms with Crippen molar-refractivity contribution in [2.75, 3.05) is 19.7 Å². The lowest BCUT2D eigenvalue weighted by molar-refractivity contribution is -0.139. The van der Waals surface area contributed by atoms with E-state index in [1.807, 2.05) is 11.8 Å². The van der Waals surface area contributed by atoms with Gasteiger partial charge in [-0.25, -0.2) is 4.39 Å². The van der Waals surface area contributed by atoms with Crippen molar-refractivity contribution < 1.29 is 13.9 Å². The standard InChI is InChI=1S/C22H24FN3O2/c1-16-13-26(22(27)15-28-21-9-5-18(11-24)6-10-21)17(2)12-25(16)14-19-3-7-20(23)8-4-19/h3-10,16-17H,12-15H2,1-2H3/t16-,17+/m0/s1. The first kappa shape index (κ1) is 19.8. The molecule has 0 N–H and O–H groups in total. The zero-order valence-corrected chi connectivity index (χ0v) is 16.1. The summed E-state index contributed by atoms with van der Waals surface area (Å²) >= 11 is 0. The summed E-state index contributed by atoms with van der Waals surface area (Å²) in [5.74, 6) is 0.288. The molecule has 1 heterocycles. The molecule has 1 aliphatic rings. The van der Waals surface area contributed by atoms with Crippen molar-refractivity contribution in [2.45, 2.75) is 32.5 Å². The maximum atomic E-state index is 13.1. The quantitative estimate of drug-likeness (QED) is 0.798. The number of carbonyl (C=O) groups excluding carboxylic acids is 1.